The molecule has 1 N–H and O–H groups in total. The summed E-state index contributed by atoms with van der Waals surface area (Å²) in [4.78, 5) is 19.2. The second kappa shape index (κ2) is 3.53. The number of carbonyl (C=O) groups excluding carboxylic acids is 1. The summed E-state index contributed by atoms with van der Waals surface area (Å²) in [5.41, 5.74) is 0. The topological polar surface area (TPSA) is 54.9 Å². The van der Waals surface area contributed by atoms with E-state index in [1.807, 2.05) is 6.92 Å². The fourth-order valence-electron chi connectivity index (χ4n) is 1.30. The molecule has 4 nitrogen and oxygen atoms in total. The number of aromatic nitrogens is 2. The van der Waals surface area contributed by atoms with Crippen molar-refractivity contribution in [3.8, 4) is 0 Å². The number of nitrogens with zero attached hydrogens (tertiary/aromatic N) is 2. The Kier molecular flexibility index (Phi) is 2.37. The quantitative estimate of drug-likeness (QED) is 0.811. The van der Waals surface area contributed by atoms with Crippen molar-refractivity contribution in [1.82, 2.24) is 9.97 Å². The molecule has 1 aromatic heterocycles. The number of halogens is 1. The summed E-state index contributed by atoms with van der Waals surface area (Å²) in [6.07, 6.45) is 3.93. The fraction of sp³-hybridized carbons (Fsp3) is 0.444. The van der Waals surface area contributed by atoms with Crippen molar-refractivity contribution in [2.24, 2.45) is 11.8 Å². The molecule has 1 aliphatic rings. The van der Waals surface area contributed by atoms with Crippen molar-refractivity contribution >= 4 is 23.3 Å². The van der Waals surface area contributed by atoms with Gasteiger partial charge in [-0.25, -0.2) is 9.97 Å². The van der Waals surface area contributed by atoms with Crippen LogP contribution >= 0.6 is 11.6 Å². The lowest BCUT2D eigenvalue weighted by atomic mass is 10.3. The van der Waals surface area contributed by atoms with Gasteiger partial charge in [-0.15, -0.1) is 0 Å². The minimum absolute atomic E-state index is 0.0140. The third-order valence-electron chi connectivity index (χ3n) is 2.34. The summed E-state index contributed by atoms with van der Waals surface area (Å²) in [6.45, 7) is 2.04. The molecular formula is C9H10ClN3O. The van der Waals surface area contributed by atoms with E-state index in [0.29, 0.717) is 11.7 Å². The minimum Gasteiger partial charge on any atom is -0.308 e. The molecule has 0 radical (unpaired) electrons. The van der Waals surface area contributed by atoms with Crippen molar-refractivity contribution in [3.05, 3.63) is 17.5 Å². The maximum Gasteiger partial charge on any atom is 0.229 e. The van der Waals surface area contributed by atoms with Crippen LogP contribution in [-0.2, 0) is 4.79 Å². The molecule has 0 saturated heterocycles. The number of hydrogen-bond acceptors (Lipinski definition) is 3. The first-order valence-electron chi connectivity index (χ1n) is 4.46. The van der Waals surface area contributed by atoms with Gasteiger partial charge in [0.15, 0.2) is 11.0 Å². The van der Waals surface area contributed by atoms with E-state index in [1.54, 1.807) is 0 Å². The van der Waals surface area contributed by atoms with Crippen molar-refractivity contribution in [2.75, 3.05) is 5.32 Å². The molecule has 0 aliphatic heterocycles. The van der Waals surface area contributed by atoms with Crippen LogP contribution < -0.4 is 5.32 Å². The SMILES string of the molecule is CC1CC1C(=O)Nc1nccnc1Cl. The van der Waals surface area contributed by atoms with E-state index in [-0.39, 0.29) is 17.0 Å². The molecule has 5 heteroatoms. The molecule has 2 rings (SSSR count). The van der Waals surface area contributed by atoms with Crippen LogP contribution in [-0.4, -0.2) is 15.9 Å². The summed E-state index contributed by atoms with van der Waals surface area (Å²) in [5, 5.41) is 2.89. The van der Waals surface area contributed by atoms with E-state index in [1.165, 1.54) is 12.4 Å². The Balaban J connectivity index is 2.04. The Bertz CT molecular complexity index is 369. The van der Waals surface area contributed by atoms with Gasteiger partial charge in [0, 0.05) is 18.3 Å². The fourth-order valence-corrected chi connectivity index (χ4v) is 1.45. The normalized spacial score (nSPS) is 24.4. The van der Waals surface area contributed by atoms with E-state index < -0.39 is 0 Å². The van der Waals surface area contributed by atoms with Gasteiger partial charge >= 0.3 is 0 Å². The summed E-state index contributed by atoms with van der Waals surface area (Å²) in [7, 11) is 0. The van der Waals surface area contributed by atoms with Gasteiger partial charge in [0.05, 0.1) is 0 Å². The van der Waals surface area contributed by atoms with E-state index in [4.69, 9.17) is 11.6 Å². The van der Waals surface area contributed by atoms with Gasteiger partial charge in [-0.05, 0) is 12.3 Å². The zero-order valence-electron chi connectivity index (χ0n) is 7.70. The number of amides is 1. The number of rotatable bonds is 2. The molecule has 1 aromatic rings. The van der Waals surface area contributed by atoms with Crippen LogP contribution in [0.4, 0.5) is 5.82 Å². The van der Waals surface area contributed by atoms with Crippen LogP contribution in [0.3, 0.4) is 0 Å². The molecule has 1 heterocycles. The van der Waals surface area contributed by atoms with Crippen LogP contribution in [0.1, 0.15) is 13.3 Å². The lowest BCUT2D eigenvalue weighted by Gasteiger charge is -2.03. The average molecular weight is 212 g/mol. The molecule has 1 saturated carbocycles. The lowest BCUT2D eigenvalue weighted by molar-refractivity contribution is -0.117. The highest BCUT2D eigenvalue weighted by Crippen LogP contribution is 2.38. The second-order valence-corrected chi connectivity index (χ2v) is 3.86. The van der Waals surface area contributed by atoms with Crippen LogP contribution in [0.5, 0.6) is 0 Å². The summed E-state index contributed by atoms with van der Waals surface area (Å²) in [5.74, 6) is 0.927. The molecule has 2 atom stereocenters. The lowest BCUT2D eigenvalue weighted by Crippen LogP contribution is -2.15. The summed E-state index contributed by atoms with van der Waals surface area (Å²) >= 11 is 5.74. The van der Waals surface area contributed by atoms with Crippen molar-refractivity contribution in [3.63, 3.8) is 0 Å². The highest BCUT2D eigenvalue weighted by molar-refractivity contribution is 6.32. The van der Waals surface area contributed by atoms with Crippen LogP contribution in [0, 0.1) is 11.8 Å². The smallest absolute Gasteiger partial charge is 0.229 e. The first-order chi connectivity index (χ1) is 6.68. The third-order valence-corrected chi connectivity index (χ3v) is 2.62. The first kappa shape index (κ1) is 9.40. The molecule has 1 aliphatic carbocycles. The van der Waals surface area contributed by atoms with Crippen molar-refractivity contribution in [2.45, 2.75) is 13.3 Å². The van der Waals surface area contributed by atoms with E-state index in [0.717, 1.165) is 6.42 Å². The molecule has 14 heavy (non-hydrogen) atoms. The van der Waals surface area contributed by atoms with Gasteiger partial charge in [0.25, 0.3) is 0 Å². The zero-order valence-corrected chi connectivity index (χ0v) is 8.45. The predicted octanol–water partition coefficient (Wildman–Crippen LogP) is 1.72. The molecule has 0 aromatic carbocycles. The standard InChI is InChI=1S/C9H10ClN3O/c1-5-4-6(5)9(14)13-8-7(10)11-2-3-12-8/h2-3,5-6H,4H2,1H3,(H,12,13,14). The maximum absolute atomic E-state index is 11.5. The Morgan fingerprint density at radius 1 is 1.57 bits per heavy atom. The Hall–Kier alpha value is -1.16. The van der Waals surface area contributed by atoms with Gasteiger partial charge < -0.3 is 5.32 Å². The zero-order chi connectivity index (χ0) is 10.1. The molecule has 2 unspecified atom stereocenters. The first-order valence-corrected chi connectivity index (χ1v) is 4.83. The van der Waals surface area contributed by atoms with Crippen molar-refractivity contribution < 1.29 is 4.79 Å². The summed E-state index contributed by atoms with van der Waals surface area (Å²) < 4.78 is 0. The molecule has 0 spiro atoms. The van der Waals surface area contributed by atoms with E-state index in [2.05, 4.69) is 15.3 Å². The van der Waals surface area contributed by atoms with Crippen LogP contribution in [0.15, 0.2) is 12.4 Å². The molecular weight excluding hydrogens is 202 g/mol. The second-order valence-electron chi connectivity index (χ2n) is 3.50. The Labute approximate surface area is 86.7 Å². The van der Waals surface area contributed by atoms with Crippen LogP contribution in [0.2, 0.25) is 5.15 Å². The highest BCUT2D eigenvalue weighted by Gasteiger charge is 2.39. The van der Waals surface area contributed by atoms with E-state index >= 15 is 0 Å². The van der Waals surface area contributed by atoms with Gasteiger partial charge in [0.2, 0.25) is 5.91 Å². The maximum atomic E-state index is 11.5. The molecule has 74 valence electrons. The Morgan fingerprint density at radius 3 is 2.79 bits per heavy atom. The van der Waals surface area contributed by atoms with Gasteiger partial charge in [-0.1, -0.05) is 18.5 Å². The van der Waals surface area contributed by atoms with Gasteiger partial charge in [0.1, 0.15) is 0 Å². The van der Waals surface area contributed by atoms with Crippen LogP contribution in [0.25, 0.3) is 0 Å². The predicted molar refractivity (Wildman–Crippen MR) is 52.9 cm³/mol. The monoisotopic (exact) mass is 211 g/mol. The Morgan fingerprint density at radius 2 is 2.21 bits per heavy atom. The van der Waals surface area contributed by atoms with Gasteiger partial charge in [-0.3, -0.25) is 4.79 Å². The number of nitrogens with one attached hydrogen (secondary N) is 1. The third kappa shape index (κ3) is 1.85. The average Bonchev–Trinajstić information content (AvgIpc) is 2.87. The van der Waals surface area contributed by atoms with Crippen molar-refractivity contribution in [1.29, 1.82) is 0 Å². The molecule has 0 bridgehead atoms. The minimum atomic E-state index is -0.0140. The number of carbonyl (C=O) groups is 1. The molecule has 1 fully saturated rings. The largest absolute Gasteiger partial charge is 0.308 e. The number of anilines is 1. The number of hydrogen-bond donors (Lipinski definition) is 1. The van der Waals surface area contributed by atoms with Gasteiger partial charge in [-0.2, -0.15) is 0 Å². The highest BCUT2D eigenvalue weighted by atomic mass is 35.5. The van der Waals surface area contributed by atoms with E-state index in [9.17, 15) is 4.79 Å². The molecule has 1 amide bonds. The summed E-state index contributed by atoms with van der Waals surface area (Å²) in [6, 6.07) is 0.